The summed E-state index contributed by atoms with van der Waals surface area (Å²) >= 11 is 0. The molecular weight excluding hydrogens is 641 g/mol. The smallest absolute Gasteiger partial charge is 0.162 e. The summed E-state index contributed by atoms with van der Waals surface area (Å²) in [5, 5.41) is 2.26. The first kappa shape index (κ1) is 28.6. The standard InChI is InChI=1S/C46H28N4O2/c1-3-13-29(14-4-1)35-28-44(48-46(47-35)30-15-5-2-6-16-30)49-36-18-8-7-17-33(36)34-25-31(23-24-37(34)49)32-26-42-45-43(27-32)52-41-22-12-10-20-39(41)50(45)38-19-9-11-21-40(38)51-42/h1-28H. The highest BCUT2D eigenvalue weighted by Crippen LogP contribution is 2.60. The third kappa shape index (κ3) is 4.38. The molecule has 0 spiro atoms. The summed E-state index contributed by atoms with van der Waals surface area (Å²) in [7, 11) is 0. The van der Waals surface area contributed by atoms with Gasteiger partial charge in [0.25, 0.3) is 0 Å². The molecule has 2 aromatic heterocycles. The van der Waals surface area contributed by atoms with Crippen molar-refractivity contribution in [3.63, 3.8) is 0 Å². The monoisotopic (exact) mass is 668 g/mol. The van der Waals surface area contributed by atoms with Crippen molar-refractivity contribution in [3.05, 3.63) is 170 Å². The topological polar surface area (TPSA) is 52.4 Å². The molecule has 52 heavy (non-hydrogen) atoms. The fourth-order valence-corrected chi connectivity index (χ4v) is 7.61. The molecule has 11 rings (SSSR count). The van der Waals surface area contributed by atoms with E-state index in [0.717, 1.165) is 95.6 Å². The summed E-state index contributed by atoms with van der Waals surface area (Å²) in [6.07, 6.45) is 0. The molecule has 0 saturated carbocycles. The van der Waals surface area contributed by atoms with E-state index in [4.69, 9.17) is 19.4 Å². The maximum Gasteiger partial charge on any atom is 0.162 e. The fourth-order valence-electron chi connectivity index (χ4n) is 7.61. The summed E-state index contributed by atoms with van der Waals surface area (Å²) in [6.45, 7) is 0. The highest BCUT2D eigenvalue weighted by molar-refractivity contribution is 6.10. The molecule has 2 aliphatic rings. The lowest BCUT2D eigenvalue weighted by atomic mass is 9.99. The van der Waals surface area contributed by atoms with Crippen molar-refractivity contribution >= 4 is 38.9 Å². The van der Waals surface area contributed by atoms with Crippen molar-refractivity contribution in [2.45, 2.75) is 0 Å². The van der Waals surface area contributed by atoms with E-state index >= 15 is 0 Å². The van der Waals surface area contributed by atoms with Crippen molar-refractivity contribution in [2.75, 3.05) is 4.90 Å². The summed E-state index contributed by atoms with van der Waals surface area (Å²) in [5.41, 5.74) is 9.96. The number of anilines is 3. The molecular formula is C46H28N4O2. The van der Waals surface area contributed by atoms with Gasteiger partial charge in [0.1, 0.15) is 11.5 Å². The van der Waals surface area contributed by atoms with E-state index in [1.165, 1.54) is 0 Å². The van der Waals surface area contributed by atoms with Crippen molar-refractivity contribution in [2.24, 2.45) is 0 Å². The Morgan fingerprint density at radius 2 is 1.00 bits per heavy atom. The fraction of sp³-hybridized carbons (Fsp3) is 0. The van der Waals surface area contributed by atoms with Gasteiger partial charge in [0.2, 0.25) is 0 Å². The second-order valence-corrected chi connectivity index (χ2v) is 13.0. The second kappa shape index (κ2) is 11.2. The lowest BCUT2D eigenvalue weighted by Crippen LogP contribution is -2.20. The van der Waals surface area contributed by atoms with E-state index in [9.17, 15) is 0 Å². The molecule has 6 heteroatoms. The van der Waals surface area contributed by atoms with Crippen LogP contribution >= 0.6 is 0 Å². The lowest BCUT2D eigenvalue weighted by Gasteiger charge is -2.38. The van der Waals surface area contributed by atoms with E-state index in [1.54, 1.807) is 0 Å². The Kier molecular flexibility index (Phi) is 6.15. The first-order valence-electron chi connectivity index (χ1n) is 17.3. The third-order valence-electron chi connectivity index (χ3n) is 9.96. The molecule has 2 aliphatic heterocycles. The Morgan fingerprint density at radius 1 is 0.404 bits per heavy atom. The van der Waals surface area contributed by atoms with Crippen LogP contribution in [0.4, 0.5) is 17.1 Å². The van der Waals surface area contributed by atoms with Gasteiger partial charge in [-0.25, -0.2) is 9.97 Å². The molecule has 244 valence electrons. The minimum atomic E-state index is 0.680. The molecule has 0 saturated heterocycles. The summed E-state index contributed by atoms with van der Waals surface area (Å²) in [5.74, 6) is 4.62. The van der Waals surface area contributed by atoms with Gasteiger partial charge in [0.05, 0.1) is 28.1 Å². The van der Waals surface area contributed by atoms with Crippen LogP contribution in [0.1, 0.15) is 0 Å². The van der Waals surface area contributed by atoms with Crippen molar-refractivity contribution < 1.29 is 9.47 Å². The Bertz CT molecular complexity index is 2740. The SMILES string of the molecule is c1ccc(-c2cc(-n3c4ccccc4c4cc(-c5cc6c7c(c5)Oc5ccccc5N7c5ccccc5O6)ccc43)nc(-c3ccccc3)n2)cc1. The van der Waals surface area contributed by atoms with Gasteiger partial charge in [-0.3, -0.25) is 9.47 Å². The number of nitrogens with zero attached hydrogens (tertiary/aromatic N) is 4. The molecule has 0 atom stereocenters. The van der Waals surface area contributed by atoms with Gasteiger partial charge in [0.15, 0.2) is 28.8 Å². The number of fused-ring (bicyclic) bond motifs is 7. The van der Waals surface area contributed by atoms with Gasteiger partial charge in [-0.15, -0.1) is 0 Å². The first-order chi connectivity index (χ1) is 25.8. The number of para-hydroxylation sites is 5. The quantitative estimate of drug-likeness (QED) is 0.187. The Balaban J connectivity index is 1.10. The number of hydrogen-bond donors (Lipinski definition) is 0. The number of aromatic nitrogens is 3. The maximum atomic E-state index is 6.58. The number of rotatable bonds is 4. The highest BCUT2D eigenvalue weighted by atomic mass is 16.5. The summed E-state index contributed by atoms with van der Waals surface area (Å²) in [4.78, 5) is 12.5. The third-order valence-corrected chi connectivity index (χ3v) is 9.96. The Morgan fingerprint density at radius 3 is 1.71 bits per heavy atom. The van der Waals surface area contributed by atoms with Crippen LogP contribution < -0.4 is 14.4 Å². The predicted molar refractivity (Wildman–Crippen MR) is 208 cm³/mol. The van der Waals surface area contributed by atoms with E-state index in [2.05, 4.69) is 107 Å². The second-order valence-electron chi connectivity index (χ2n) is 13.0. The molecule has 0 amide bonds. The molecule has 0 radical (unpaired) electrons. The predicted octanol–water partition coefficient (Wildman–Crippen LogP) is 12.3. The van der Waals surface area contributed by atoms with Gasteiger partial charge in [-0.2, -0.15) is 0 Å². The Hall–Kier alpha value is -7.18. The molecule has 9 aromatic rings. The van der Waals surface area contributed by atoms with E-state index < -0.39 is 0 Å². The van der Waals surface area contributed by atoms with Crippen LogP contribution in [0.5, 0.6) is 23.0 Å². The van der Waals surface area contributed by atoms with Crippen LogP contribution in [0.3, 0.4) is 0 Å². The van der Waals surface area contributed by atoms with Crippen molar-refractivity contribution in [1.29, 1.82) is 0 Å². The average Bonchev–Trinajstić information content (AvgIpc) is 3.55. The van der Waals surface area contributed by atoms with Crippen LogP contribution in [0, 0.1) is 0 Å². The number of ether oxygens (including phenoxy) is 2. The van der Waals surface area contributed by atoms with Gasteiger partial charge in [0, 0.05) is 28.0 Å². The van der Waals surface area contributed by atoms with Crippen LogP contribution in [-0.4, -0.2) is 14.5 Å². The average molecular weight is 669 g/mol. The van der Waals surface area contributed by atoms with Crippen LogP contribution in [-0.2, 0) is 0 Å². The Labute approximate surface area is 299 Å². The van der Waals surface area contributed by atoms with Gasteiger partial charge in [-0.05, 0) is 65.7 Å². The molecule has 4 heterocycles. The normalized spacial score (nSPS) is 12.5. The first-order valence-corrected chi connectivity index (χ1v) is 17.3. The van der Waals surface area contributed by atoms with E-state index in [1.807, 2.05) is 72.8 Å². The number of benzene rings is 7. The van der Waals surface area contributed by atoms with E-state index in [-0.39, 0.29) is 0 Å². The highest BCUT2D eigenvalue weighted by Gasteiger charge is 2.35. The van der Waals surface area contributed by atoms with E-state index in [0.29, 0.717) is 5.82 Å². The molecule has 0 unspecified atom stereocenters. The molecule has 0 bridgehead atoms. The van der Waals surface area contributed by atoms with Crippen LogP contribution in [0.25, 0.3) is 61.4 Å². The van der Waals surface area contributed by atoms with Gasteiger partial charge >= 0.3 is 0 Å². The summed E-state index contributed by atoms with van der Waals surface area (Å²) in [6, 6.07) is 58.3. The number of hydrogen-bond acceptors (Lipinski definition) is 5. The molecule has 0 aliphatic carbocycles. The van der Waals surface area contributed by atoms with Crippen LogP contribution in [0.15, 0.2) is 170 Å². The largest absolute Gasteiger partial charge is 0.453 e. The maximum absolute atomic E-state index is 6.58. The minimum Gasteiger partial charge on any atom is -0.453 e. The zero-order valence-electron chi connectivity index (χ0n) is 27.8. The summed E-state index contributed by atoms with van der Waals surface area (Å²) < 4.78 is 15.4. The zero-order valence-corrected chi connectivity index (χ0v) is 27.8. The molecule has 0 N–H and O–H groups in total. The molecule has 6 nitrogen and oxygen atoms in total. The van der Waals surface area contributed by atoms with Gasteiger partial charge < -0.3 is 9.47 Å². The van der Waals surface area contributed by atoms with Crippen molar-refractivity contribution in [3.8, 4) is 62.6 Å². The minimum absolute atomic E-state index is 0.680. The lowest BCUT2D eigenvalue weighted by molar-refractivity contribution is 0.446. The van der Waals surface area contributed by atoms with Crippen molar-refractivity contribution in [1.82, 2.24) is 14.5 Å². The van der Waals surface area contributed by atoms with Gasteiger partial charge in [-0.1, -0.05) is 109 Å². The zero-order chi connectivity index (χ0) is 34.2. The van der Waals surface area contributed by atoms with Crippen LogP contribution in [0.2, 0.25) is 0 Å². The molecule has 7 aromatic carbocycles. The molecule has 0 fully saturated rings.